The van der Waals surface area contributed by atoms with Crippen LogP contribution in [0, 0.1) is 0 Å². The van der Waals surface area contributed by atoms with Crippen molar-refractivity contribution in [3.8, 4) is 0 Å². The van der Waals surface area contributed by atoms with Crippen molar-refractivity contribution in [1.82, 2.24) is 0 Å². The summed E-state index contributed by atoms with van der Waals surface area (Å²) in [5.74, 6) is -1.13. The van der Waals surface area contributed by atoms with E-state index in [1.807, 2.05) is 0 Å². The van der Waals surface area contributed by atoms with Crippen LogP contribution in [0.15, 0.2) is 60.8 Å². The fourth-order valence-electron chi connectivity index (χ4n) is 6.43. The first-order chi connectivity index (χ1) is 28.9. The van der Waals surface area contributed by atoms with Crippen molar-refractivity contribution >= 4 is 19.8 Å². The number of carbonyl (C=O) groups is 2. The van der Waals surface area contributed by atoms with E-state index < -0.39 is 75.7 Å². The molecule has 1 aliphatic rings. The van der Waals surface area contributed by atoms with Crippen molar-refractivity contribution in [2.24, 2.45) is 0 Å². The first-order valence-corrected chi connectivity index (χ1v) is 24.1. The molecule has 1 saturated carbocycles. The molecular weight excluding hydrogens is 791 g/mol. The Balaban J connectivity index is 2.49. The van der Waals surface area contributed by atoms with Crippen molar-refractivity contribution in [3.05, 3.63) is 60.8 Å². The third-order valence-electron chi connectivity index (χ3n) is 10.1. The molecule has 0 saturated heterocycles. The summed E-state index contributed by atoms with van der Waals surface area (Å²) in [6.45, 7) is 3.11. The number of rotatable bonds is 36. The summed E-state index contributed by atoms with van der Waals surface area (Å²) in [5, 5.41) is 50.1. The van der Waals surface area contributed by atoms with Gasteiger partial charge in [0.25, 0.3) is 0 Å². The maximum Gasteiger partial charge on any atom is 0.472 e. The van der Waals surface area contributed by atoms with Crippen molar-refractivity contribution in [1.29, 1.82) is 0 Å². The number of hydrogen-bond acceptors (Lipinski definition) is 12. The van der Waals surface area contributed by atoms with Crippen LogP contribution in [0.1, 0.15) is 162 Å². The third-order valence-corrected chi connectivity index (χ3v) is 11.1. The highest BCUT2D eigenvalue weighted by Crippen LogP contribution is 2.47. The van der Waals surface area contributed by atoms with Gasteiger partial charge in [0.2, 0.25) is 0 Å². The van der Waals surface area contributed by atoms with E-state index in [1.54, 1.807) is 0 Å². The number of phosphoric ester groups is 1. The summed E-state index contributed by atoms with van der Waals surface area (Å²) in [6.07, 6.45) is 29.8. The Hall–Kier alpha value is -2.45. The second-order valence-corrected chi connectivity index (χ2v) is 16.9. The van der Waals surface area contributed by atoms with E-state index in [4.69, 9.17) is 18.5 Å². The predicted octanol–water partition coefficient (Wildman–Crippen LogP) is 8.55. The monoisotopic (exact) mass is 871 g/mol. The van der Waals surface area contributed by atoms with Gasteiger partial charge in [0, 0.05) is 12.8 Å². The second kappa shape index (κ2) is 36.1. The molecule has 0 aromatic heterocycles. The minimum atomic E-state index is -5.13. The van der Waals surface area contributed by atoms with E-state index in [0.29, 0.717) is 12.8 Å². The second-order valence-electron chi connectivity index (χ2n) is 15.5. The summed E-state index contributed by atoms with van der Waals surface area (Å²) in [4.78, 5) is 35.7. The lowest BCUT2D eigenvalue weighted by molar-refractivity contribution is -0.220. The quantitative estimate of drug-likeness (QED) is 0.0151. The molecular formula is C46H79O13P. The Morgan fingerprint density at radius 1 is 0.533 bits per heavy atom. The van der Waals surface area contributed by atoms with Gasteiger partial charge in [-0.05, 0) is 70.6 Å². The fraction of sp³-hybridized carbons (Fsp3) is 0.739. The molecule has 0 bridgehead atoms. The number of allylic oxidation sites excluding steroid dienone is 10. The van der Waals surface area contributed by atoms with Crippen LogP contribution in [0.3, 0.4) is 0 Å². The Morgan fingerprint density at radius 3 is 1.45 bits per heavy atom. The van der Waals surface area contributed by atoms with Crippen molar-refractivity contribution in [2.45, 2.75) is 204 Å². The van der Waals surface area contributed by atoms with Gasteiger partial charge in [0.05, 0.1) is 6.61 Å². The molecule has 1 fully saturated rings. The zero-order valence-corrected chi connectivity index (χ0v) is 37.4. The normalized spacial score (nSPS) is 22.7. The molecule has 0 heterocycles. The summed E-state index contributed by atoms with van der Waals surface area (Å²) in [7, 11) is -5.13. The molecule has 60 heavy (non-hydrogen) atoms. The largest absolute Gasteiger partial charge is 0.472 e. The van der Waals surface area contributed by atoms with Crippen LogP contribution in [0.2, 0.25) is 0 Å². The standard InChI is InChI=1S/C46H79O13P/c1-3-5-7-9-11-13-15-17-19-20-21-23-25-27-29-31-33-35-40(48)58-38(37-57-60(54,55)59-46-44(52)42(50)41(49)43(51)45(46)53)36-56-39(47)34-32-30-28-26-24-22-18-16-14-12-10-8-6-4-2/h5,7,10-13,16-19,38,41-46,49-53H,3-4,6,8-9,14-15,20-37H2,1-2H3,(H,54,55)/b7-5-,12-10-,13-11-,18-16-,19-17-. The van der Waals surface area contributed by atoms with Gasteiger partial charge in [-0.2, -0.15) is 0 Å². The number of unbranched alkanes of at least 4 members (excludes halogenated alkanes) is 14. The van der Waals surface area contributed by atoms with E-state index >= 15 is 0 Å². The van der Waals surface area contributed by atoms with Gasteiger partial charge in [-0.25, -0.2) is 4.57 Å². The topological polar surface area (TPSA) is 210 Å². The molecule has 346 valence electrons. The molecule has 1 aliphatic carbocycles. The van der Waals surface area contributed by atoms with Crippen LogP contribution in [-0.4, -0.2) is 98.3 Å². The molecule has 0 radical (unpaired) electrons. The van der Waals surface area contributed by atoms with Crippen molar-refractivity contribution in [3.63, 3.8) is 0 Å². The highest BCUT2D eigenvalue weighted by atomic mass is 31.2. The smallest absolute Gasteiger partial charge is 0.462 e. The molecule has 1 rings (SSSR count). The number of aliphatic hydroxyl groups is 5. The average molecular weight is 871 g/mol. The number of esters is 2. The molecule has 0 aromatic rings. The maximum atomic E-state index is 12.8. The first kappa shape index (κ1) is 55.6. The van der Waals surface area contributed by atoms with Crippen LogP contribution >= 0.6 is 7.82 Å². The van der Waals surface area contributed by atoms with Gasteiger partial charge in [-0.1, -0.05) is 139 Å². The molecule has 13 nitrogen and oxygen atoms in total. The van der Waals surface area contributed by atoms with Gasteiger partial charge < -0.3 is 39.9 Å². The lowest BCUT2D eigenvalue weighted by atomic mass is 9.85. The van der Waals surface area contributed by atoms with Crippen molar-refractivity contribution < 1.29 is 63.1 Å². The Bertz CT molecular complexity index is 1280. The number of ether oxygens (including phenoxy) is 2. The van der Waals surface area contributed by atoms with Gasteiger partial charge in [0.15, 0.2) is 6.10 Å². The fourth-order valence-corrected chi connectivity index (χ4v) is 7.41. The van der Waals surface area contributed by atoms with Gasteiger partial charge in [0.1, 0.15) is 43.2 Å². The van der Waals surface area contributed by atoms with Crippen molar-refractivity contribution in [2.75, 3.05) is 13.2 Å². The van der Waals surface area contributed by atoms with Crippen LogP contribution < -0.4 is 0 Å². The molecule has 6 N–H and O–H groups in total. The predicted molar refractivity (Wildman–Crippen MR) is 235 cm³/mol. The molecule has 0 amide bonds. The summed E-state index contributed by atoms with van der Waals surface area (Å²) in [5.41, 5.74) is 0. The lowest BCUT2D eigenvalue weighted by Crippen LogP contribution is -2.64. The third kappa shape index (κ3) is 28.2. The summed E-state index contributed by atoms with van der Waals surface area (Å²) >= 11 is 0. The van der Waals surface area contributed by atoms with E-state index in [0.717, 1.165) is 109 Å². The maximum absolute atomic E-state index is 12.8. The van der Waals surface area contributed by atoms with Crippen LogP contribution in [0.5, 0.6) is 0 Å². The van der Waals surface area contributed by atoms with Crippen LogP contribution in [-0.2, 0) is 32.7 Å². The Labute approximate surface area is 360 Å². The zero-order chi connectivity index (χ0) is 44.3. The average Bonchev–Trinajstić information content (AvgIpc) is 3.23. The SMILES string of the molecule is CC/C=C\C/C=C\C/C=C\CCCCCCCCCC(=O)OC(COC(=O)CCCCCCC/C=C\C/C=C\CCCC)COP(=O)(O)OC1C(O)C(O)C(O)C(O)C1O. The number of carbonyl (C=O) groups excluding carboxylic acids is 2. The lowest BCUT2D eigenvalue weighted by Gasteiger charge is -2.41. The van der Waals surface area contributed by atoms with E-state index in [2.05, 4.69) is 74.6 Å². The van der Waals surface area contributed by atoms with E-state index in [9.17, 15) is 44.6 Å². The Kier molecular flexibility index (Phi) is 33.4. The molecule has 6 atom stereocenters. The first-order valence-electron chi connectivity index (χ1n) is 22.6. The molecule has 0 aliphatic heterocycles. The van der Waals surface area contributed by atoms with E-state index in [1.165, 1.54) is 12.8 Å². The number of aliphatic hydroxyl groups excluding tert-OH is 5. The van der Waals surface area contributed by atoms with Gasteiger partial charge in [-0.3, -0.25) is 18.6 Å². The van der Waals surface area contributed by atoms with Gasteiger partial charge in [-0.15, -0.1) is 0 Å². The van der Waals surface area contributed by atoms with Crippen LogP contribution in [0.25, 0.3) is 0 Å². The molecule has 0 aromatic carbocycles. The minimum Gasteiger partial charge on any atom is -0.462 e. The summed E-state index contributed by atoms with van der Waals surface area (Å²) < 4.78 is 33.5. The summed E-state index contributed by atoms with van der Waals surface area (Å²) in [6, 6.07) is 0. The Morgan fingerprint density at radius 2 is 0.950 bits per heavy atom. The molecule has 0 spiro atoms. The minimum absolute atomic E-state index is 0.0797. The molecule has 6 unspecified atom stereocenters. The zero-order valence-electron chi connectivity index (χ0n) is 36.5. The van der Waals surface area contributed by atoms with Crippen LogP contribution in [0.4, 0.5) is 0 Å². The van der Waals surface area contributed by atoms with E-state index in [-0.39, 0.29) is 12.8 Å². The van der Waals surface area contributed by atoms with Gasteiger partial charge >= 0.3 is 19.8 Å². The number of phosphoric acid groups is 1. The number of hydrogen-bond donors (Lipinski definition) is 6. The highest BCUT2D eigenvalue weighted by molar-refractivity contribution is 7.47. The molecule has 14 heteroatoms. The highest BCUT2D eigenvalue weighted by Gasteiger charge is 2.51.